The summed E-state index contributed by atoms with van der Waals surface area (Å²) in [7, 11) is -2.24. The fourth-order valence-corrected chi connectivity index (χ4v) is 3.55. The van der Waals surface area contributed by atoms with Crippen LogP contribution in [0.25, 0.3) is 6.08 Å². The molecule has 8 heteroatoms. The van der Waals surface area contributed by atoms with Crippen molar-refractivity contribution in [3.05, 3.63) is 41.5 Å². The van der Waals surface area contributed by atoms with Gasteiger partial charge < -0.3 is 4.43 Å². The average Bonchev–Trinajstić information content (AvgIpc) is 2.40. The Kier molecular flexibility index (Phi) is 7.13. The highest BCUT2D eigenvalue weighted by molar-refractivity contribution is 6.74. The molecule has 1 aromatic carbocycles. The van der Waals surface area contributed by atoms with Crippen LogP contribution in [0.4, 0.5) is 13.2 Å². The summed E-state index contributed by atoms with van der Waals surface area (Å²) in [4.78, 5) is 0. The summed E-state index contributed by atoms with van der Waals surface area (Å²) >= 11 is 18.1. The summed E-state index contributed by atoms with van der Waals surface area (Å²) in [6.45, 7) is 10.2. The molecule has 0 heterocycles. The predicted octanol–water partition coefficient (Wildman–Crippen LogP) is 7.48. The summed E-state index contributed by atoms with van der Waals surface area (Å²) < 4.78 is 42.8. The van der Waals surface area contributed by atoms with E-state index in [2.05, 4.69) is 0 Å². The van der Waals surface area contributed by atoms with Crippen molar-refractivity contribution >= 4 is 49.2 Å². The minimum atomic E-state index is -4.41. The number of hydrogen-bond acceptors (Lipinski definition) is 1. The third-order valence-corrected chi connectivity index (χ3v) is 9.33. The van der Waals surface area contributed by atoms with Gasteiger partial charge in [0.05, 0.1) is 5.56 Å². The number of hydrogen-bond donors (Lipinski definition) is 0. The molecule has 0 fully saturated rings. The molecule has 0 aliphatic carbocycles. The minimum Gasteiger partial charge on any atom is -0.406 e. The van der Waals surface area contributed by atoms with Crippen molar-refractivity contribution in [3.8, 4) is 0 Å². The van der Waals surface area contributed by atoms with Crippen molar-refractivity contribution in [3.63, 3.8) is 0 Å². The molecular weight excluding hydrogens is 412 g/mol. The third kappa shape index (κ3) is 6.79. The van der Waals surface area contributed by atoms with E-state index in [0.717, 1.165) is 12.1 Å². The van der Waals surface area contributed by atoms with Crippen molar-refractivity contribution in [2.75, 3.05) is 0 Å². The molecular formula is C17H22Cl3F3OSi. The minimum absolute atomic E-state index is 0.106. The summed E-state index contributed by atoms with van der Waals surface area (Å²) in [5, 5.41) is -0.106. The van der Waals surface area contributed by atoms with Crippen LogP contribution in [0.2, 0.25) is 18.1 Å². The van der Waals surface area contributed by atoms with E-state index in [1.807, 2.05) is 33.9 Å². The van der Waals surface area contributed by atoms with Gasteiger partial charge in [0.1, 0.15) is 6.10 Å². The van der Waals surface area contributed by atoms with Crippen molar-refractivity contribution < 1.29 is 17.6 Å². The maximum Gasteiger partial charge on any atom is 0.416 e. The van der Waals surface area contributed by atoms with Gasteiger partial charge in [-0.3, -0.25) is 0 Å². The zero-order valence-electron chi connectivity index (χ0n) is 14.7. The predicted molar refractivity (Wildman–Crippen MR) is 103 cm³/mol. The van der Waals surface area contributed by atoms with Crippen LogP contribution in [0.5, 0.6) is 0 Å². The van der Waals surface area contributed by atoms with Gasteiger partial charge in [-0.25, -0.2) is 0 Å². The Labute approximate surface area is 163 Å². The van der Waals surface area contributed by atoms with Gasteiger partial charge in [0.2, 0.25) is 3.79 Å². The van der Waals surface area contributed by atoms with Crippen molar-refractivity contribution in [1.82, 2.24) is 0 Å². The number of halogens is 6. The van der Waals surface area contributed by atoms with E-state index >= 15 is 0 Å². The van der Waals surface area contributed by atoms with Gasteiger partial charge in [-0.1, -0.05) is 79.9 Å². The molecule has 0 amide bonds. The molecule has 1 atom stereocenters. The van der Waals surface area contributed by atoms with E-state index in [0.29, 0.717) is 5.56 Å². The van der Waals surface area contributed by atoms with E-state index in [9.17, 15) is 13.2 Å². The van der Waals surface area contributed by atoms with E-state index in [4.69, 9.17) is 39.2 Å². The monoisotopic (exact) mass is 432 g/mol. The van der Waals surface area contributed by atoms with Crippen LogP contribution in [-0.4, -0.2) is 18.2 Å². The van der Waals surface area contributed by atoms with Gasteiger partial charge in [0, 0.05) is 0 Å². The summed E-state index contributed by atoms with van der Waals surface area (Å²) in [5.74, 6) is 0. The molecule has 0 radical (unpaired) electrons. The smallest absolute Gasteiger partial charge is 0.406 e. The van der Waals surface area contributed by atoms with Crippen LogP contribution in [0.1, 0.15) is 31.9 Å². The van der Waals surface area contributed by atoms with E-state index in [1.165, 1.54) is 18.2 Å². The van der Waals surface area contributed by atoms with Crippen LogP contribution in [-0.2, 0) is 10.6 Å². The summed E-state index contributed by atoms with van der Waals surface area (Å²) in [5.41, 5.74) is -0.377. The second kappa shape index (κ2) is 7.81. The molecule has 0 spiro atoms. The zero-order chi connectivity index (χ0) is 19.7. The number of rotatable bonds is 4. The Balaban J connectivity index is 3.10. The van der Waals surface area contributed by atoms with Crippen LogP contribution in [0.3, 0.4) is 0 Å². The zero-order valence-corrected chi connectivity index (χ0v) is 18.0. The highest BCUT2D eigenvalue weighted by atomic mass is 35.6. The molecule has 0 unspecified atom stereocenters. The number of alkyl halides is 6. The maximum absolute atomic E-state index is 12.8. The van der Waals surface area contributed by atoms with Gasteiger partial charge >= 0.3 is 6.18 Å². The van der Waals surface area contributed by atoms with Crippen molar-refractivity contribution in [1.29, 1.82) is 0 Å². The van der Waals surface area contributed by atoms with Gasteiger partial charge in [0.25, 0.3) is 0 Å². The Morgan fingerprint density at radius 1 is 1.08 bits per heavy atom. The Morgan fingerprint density at radius 3 is 2.08 bits per heavy atom. The highest BCUT2D eigenvalue weighted by Crippen LogP contribution is 2.42. The van der Waals surface area contributed by atoms with Crippen LogP contribution < -0.4 is 0 Å². The Hall–Kier alpha value is -0.203. The number of benzene rings is 1. The molecule has 0 saturated heterocycles. The molecule has 0 aromatic heterocycles. The molecule has 0 N–H and O–H groups in total. The second-order valence-corrected chi connectivity index (χ2v) is 14.4. The first-order valence-corrected chi connectivity index (χ1v) is 11.7. The first-order valence-electron chi connectivity index (χ1n) is 7.64. The normalized spacial score (nSPS) is 15.6. The van der Waals surface area contributed by atoms with E-state index in [-0.39, 0.29) is 5.04 Å². The highest BCUT2D eigenvalue weighted by Gasteiger charge is 2.43. The summed E-state index contributed by atoms with van der Waals surface area (Å²) in [6, 6.07) is 4.93. The average molecular weight is 434 g/mol. The molecule has 0 aliphatic rings. The van der Waals surface area contributed by atoms with Crippen molar-refractivity contribution in [2.24, 2.45) is 0 Å². The topological polar surface area (TPSA) is 9.23 Å². The lowest BCUT2D eigenvalue weighted by atomic mass is 10.1. The lowest BCUT2D eigenvalue weighted by molar-refractivity contribution is -0.137. The molecule has 0 bridgehead atoms. The lowest BCUT2D eigenvalue weighted by Crippen LogP contribution is -2.46. The maximum atomic E-state index is 12.8. The molecule has 0 saturated carbocycles. The van der Waals surface area contributed by atoms with E-state index in [1.54, 1.807) is 6.07 Å². The SMILES string of the molecule is CC(C)(C)[Si](C)(C)O[C@@H](/C=C/c1cccc(C(F)(F)F)c1)C(Cl)(Cl)Cl. The van der Waals surface area contributed by atoms with E-state index < -0.39 is 30.0 Å². The Bertz CT molecular complexity index is 617. The largest absolute Gasteiger partial charge is 0.416 e. The third-order valence-electron chi connectivity index (χ3n) is 4.23. The fourth-order valence-electron chi connectivity index (χ4n) is 1.73. The van der Waals surface area contributed by atoms with Crippen LogP contribution >= 0.6 is 34.8 Å². The van der Waals surface area contributed by atoms with Crippen LogP contribution in [0.15, 0.2) is 30.3 Å². The first-order chi connectivity index (χ1) is 11.0. The van der Waals surface area contributed by atoms with Gasteiger partial charge in [-0.2, -0.15) is 13.2 Å². The fraction of sp³-hybridized carbons (Fsp3) is 0.529. The first kappa shape index (κ1) is 22.8. The molecule has 1 nitrogen and oxygen atoms in total. The van der Waals surface area contributed by atoms with Crippen molar-refractivity contribution in [2.45, 2.75) is 55.0 Å². The molecule has 0 aliphatic heterocycles. The second-order valence-electron chi connectivity index (χ2n) is 7.32. The molecule has 142 valence electrons. The lowest BCUT2D eigenvalue weighted by Gasteiger charge is -2.40. The molecule has 1 aromatic rings. The van der Waals surface area contributed by atoms with Gasteiger partial charge in [-0.05, 0) is 35.8 Å². The standard InChI is InChI=1S/C17H22Cl3F3OSi/c1-15(2,3)25(4,5)24-14(16(18,19)20)10-9-12-7-6-8-13(11-12)17(21,22)23/h6-11,14H,1-5H3/b10-9+/t14-/m0/s1. The van der Waals surface area contributed by atoms with Gasteiger partial charge in [0.15, 0.2) is 8.32 Å². The summed E-state index contributed by atoms with van der Waals surface area (Å²) in [6.07, 6.45) is -2.29. The molecule has 1 rings (SSSR count). The van der Waals surface area contributed by atoms with Crippen LogP contribution in [0, 0.1) is 0 Å². The Morgan fingerprint density at radius 2 is 1.64 bits per heavy atom. The quantitative estimate of drug-likeness (QED) is 0.353. The molecule has 25 heavy (non-hydrogen) atoms. The van der Waals surface area contributed by atoms with Gasteiger partial charge in [-0.15, -0.1) is 0 Å².